The topological polar surface area (TPSA) is 86.7 Å². The van der Waals surface area contributed by atoms with Crippen molar-refractivity contribution in [1.82, 2.24) is 0 Å². The van der Waals surface area contributed by atoms with Crippen LogP contribution in [0, 0.1) is 12.3 Å². The number of likely N-dealkylation sites (tertiary alicyclic amines) is 1. The molecule has 1 heterocycles. The Bertz CT molecular complexity index is 1150. The van der Waals surface area contributed by atoms with E-state index >= 15 is 0 Å². The number of carboxylic acids is 1. The largest absolute Gasteiger partial charge is 0.542 e. The maximum atomic E-state index is 13.9. The Hall–Kier alpha value is -3.35. The molecule has 1 unspecified atom stereocenters. The van der Waals surface area contributed by atoms with Gasteiger partial charge in [-0.15, -0.1) is 6.42 Å². The van der Waals surface area contributed by atoms with Gasteiger partial charge in [-0.3, -0.25) is 0 Å². The van der Waals surface area contributed by atoms with Gasteiger partial charge in [-0.25, -0.2) is 4.79 Å². The predicted octanol–water partition coefficient (Wildman–Crippen LogP) is 5.27. The Morgan fingerprint density at radius 2 is 1.33 bits per heavy atom. The molecule has 2 aliphatic rings. The SMILES string of the molecule is C#CC[N@+]1(C2CCCCCCC2)CCCCCC(OC(=O)C(O)(c2ccccc2)c2ccccc2)C1.O=C([O-])C(F)(F)F. The summed E-state index contributed by atoms with van der Waals surface area (Å²) in [5.74, 6) is -0.604. The van der Waals surface area contributed by atoms with Crippen LogP contribution in [0.5, 0.6) is 0 Å². The first-order valence-corrected chi connectivity index (χ1v) is 15.1. The summed E-state index contributed by atoms with van der Waals surface area (Å²) in [6.07, 6.45) is 13.4. The molecule has 2 atom stereocenters. The van der Waals surface area contributed by atoms with Gasteiger partial charge in [0.25, 0.3) is 0 Å². The summed E-state index contributed by atoms with van der Waals surface area (Å²) in [7, 11) is 0. The Morgan fingerprint density at radius 3 is 1.81 bits per heavy atom. The molecule has 0 spiro atoms. The van der Waals surface area contributed by atoms with Gasteiger partial charge < -0.3 is 24.2 Å². The van der Waals surface area contributed by atoms with Crippen molar-refractivity contribution in [3.63, 3.8) is 0 Å². The third kappa shape index (κ3) is 9.32. The molecule has 0 aromatic heterocycles. The average molecular weight is 602 g/mol. The number of esters is 1. The second-order valence-corrected chi connectivity index (χ2v) is 11.6. The summed E-state index contributed by atoms with van der Waals surface area (Å²) in [5.41, 5.74) is -0.805. The quantitative estimate of drug-likeness (QED) is 0.277. The molecule has 1 aliphatic carbocycles. The first-order valence-electron chi connectivity index (χ1n) is 15.1. The van der Waals surface area contributed by atoms with E-state index in [-0.39, 0.29) is 6.10 Å². The zero-order chi connectivity index (χ0) is 31.3. The number of benzene rings is 2. The number of ether oxygens (including phenoxy) is 1. The highest BCUT2D eigenvalue weighted by Crippen LogP contribution is 2.34. The fourth-order valence-corrected chi connectivity index (χ4v) is 6.43. The van der Waals surface area contributed by atoms with E-state index in [9.17, 15) is 23.1 Å². The summed E-state index contributed by atoms with van der Waals surface area (Å²) in [4.78, 5) is 22.6. The minimum absolute atomic E-state index is 0.268. The molecule has 43 heavy (non-hydrogen) atoms. The third-order valence-corrected chi connectivity index (χ3v) is 8.64. The lowest BCUT2D eigenvalue weighted by Gasteiger charge is -2.47. The highest BCUT2D eigenvalue weighted by atomic mass is 19.4. The molecule has 234 valence electrons. The molecule has 1 N–H and O–H groups in total. The van der Waals surface area contributed by atoms with Crippen LogP contribution in [0.15, 0.2) is 60.7 Å². The Balaban J connectivity index is 0.000000646. The van der Waals surface area contributed by atoms with E-state index in [1.54, 1.807) is 24.3 Å². The summed E-state index contributed by atoms with van der Waals surface area (Å²) in [5, 5.41) is 20.7. The fraction of sp³-hybridized carbons (Fsp3) is 0.529. The lowest BCUT2D eigenvalue weighted by Crippen LogP contribution is -2.60. The molecule has 2 aromatic carbocycles. The van der Waals surface area contributed by atoms with E-state index in [2.05, 4.69) is 5.92 Å². The summed E-state index contributed by atoms with van der Waals surface area (Å²) in [6, 6.07) is 18.8. The number of alkyl halides is 3. The van der Waals surface area contributed by atoms with Gasteiger partial charge in [0.05, 0.1) is 12.6 Å². The van der Waals surface area contributed by atoms with E-state index in [0.29, 0.717) is 23.7 Å². The van der Waals surface area contributed by atoms with Crippen molar-refractivity contribution in [2.24, 2.45) is 0 Å². The highest BCUT2D eigenvalue weighted by molar-refractivity contribution is 5.85. The number of quaternary nitrogens is 1. The van der Waals surface area contributed by atoms with Crippen LogP contribution in [-0.2, 0) is 19.9 Å². The van der Waals surface area contributed by atoms with Crippen molar-refractivity contribution in [2.45, 2.75) is 94.6 Å². The number of rotatable bonds is 6. The number of carbonyl (C=O) groups is 2. The lowest BCUT2D eigenvalue weighted by atomic mass is 9.86. The molecule has 2 fully saturated rings. The number of hydrogen-bond donors (Lipinski definition) is 1. The first kappa shape index (κ1) is 34.1. The van der Waals surface area contributed by atoms with Crippen LogP contribution in [0.1, 0.15) is 81.8 Å². The highest BCUT2D eigenvalue weighted by Gasteiger charge is 2.45. The van der Waals surface area contributed by atoms with Gasteiger partial charge in [-0.1, -0.05) is 79.9 Å². The summed E-state index contributed by atoms with van der Waals surface area (Å²) in [6.45, 7) is 2.46. The van der Waals surface area contributed by atoms with Gasteiger partial charge >= 0.3 is 12.1 Å². The second-order valence-electron chi connectivity index (χ2n) is 11.6. The molecule has 0 bridgehead atoms. The number of aliphatic hydroxyl groups is 1. The van der Waals surface area contributed by atoms with Crippen LogP contribution in [0.2, 0.25) is 0 Å². The van der Waals surface area contributed by atoms with Crippen molar-refractivity contribution in [3.8, 4) is 12.3 Å². The average Bonchev–Trinajstić information content (AvgIpc) is 2.95. The fourth-order valence-electron chi connectivity index (χ4n) is 6.43. The molecule has 2 aromatic rings. The van der Waals surface area contributed by atoms with Crippen LogP contribution >= 0.6 is 0 Å². The number of carbonyl (C=O) groups excluding carboxylic acids is 2. The number of terminal acetylenes is 1. The van der Waals surface area contributed by atoms with Gasteiger partial charge in [0.1, 0.15) is 19.1 Å². The van der Waals surface area contributed by atoms with Crippen molar-refractivity contribution in [3.05, 3.63) is 71.8 Å². The summed E-state index contributed by atoms with van der Waals surface area (Å²) >= 11 is 0. The van der Waals surface area contributed by atoms with Crippen LogP contribution in [0.3, 0.4) is 0 Å². The molecule has 1 saturated carbocycles. The Morgan fingerprint density at radius 1 is 0.860 bits per heavy atom. The second kappa shape index (κ2) is 15.9. The molecular formula is C34H42F3NO5. The number of carboxylic acid groups (broad SMARTS) is 1. The molecule has 0 radical (unpaired) electrons. The minimum atomic E-state index is -5.19. The monoisotopic (exact) mass is 601 g/mol. The Kier molecular flexibility index (Phi) is 12.6. The third-order valence-electron chi connectivity index (χ3n) is 8.64. The maximum Gasteiger partial charge on any atom is 0.430 e. The molecule has 0 amide bonds. The zero-order valence-corrected chi connectivity index (χ0v) is 24.6. The van der Waals surface area contributed by atoms with Gasteiger partial charge in [0, 0.05) is 0 Å². The molecule has 6 nitrogen and oxygen atoms in total. The number of aliphatic carboxylic acids is 1. The maximum absolute atomic E-state index is 13.9. The first-order chi connectivity index (χ1) is 20.5. The lowest BCUT2D eigenvalue weighted by molar-refractivity contribution is -0.949. The van der Waals surface area contributed by atoms with Crippen LogP contribution < -0.4 is 5.11 Å². The van der Waals surface area contributed by atoms with Gasteiger partial charge in [-0.05, 0) is 68.4 Å². The van der Waals surface area contributed by atoms with Gasteiger partial charge in [0.2, 0.25) is 5.60 Å². The van der Waals surface area contributed by atoms with Gasteiger partial charge in [0.15, 0.2) is 6.10 Å². The van der Waals surface area contributed by atoms with E-state index < -0.39 is 23.7 Å². The van der Waals surface area contributed by atoms with Crippen molar-refractivity contribution in [2.75, 3.05) is 19.6 Å². The summed E-state index contributed by atoms with van der Waals surface area (Å²) < 4.78 is 38.7. The van der Waals surface area contributed by atoms with E-state index in [4.69, 9.17) is 21.1 Å². The van der Waals surface area contributed by atoms with Crippen molar-refractivity contribution in [1.29, 1.82) is 0 Å². The molecule has 1 saturated heterocycles. The zero-order valence-electron chi connectivity index (χ0n) is 24.6. The van der Waals surface area contributed by atoms with Crippen LogP contribution in [-0.4, -0.2) is 59.5 Å². The minimum Gasteiger partial charge on any atom is -0.542 e. The molecule has 4 rings (SSSR count). The van der Waals surface area contributed by atoms with E-state index in [0.717, 1.165) is 43.3 Å². The van der Waals surface area contributed by atoms with E-state index in [1.165, 1.54) is 44.9 Å². The van der Waals surface area contributed by atoms with E-state index in [1.807, 2.05) is 36.4 Å². The Labute approximate surface area is 252 Å². The number of nitrogens with zero attached hydrogens (tertiary/aromatic N) is 1. The molecule has 1 aliphatic heterocycles. The van der Waals surface area contributed by atoms with Crippen molar-refractivity contribution >= 4 is 11.9 Å². The van der Waals surface area contributed by atoms with Crippen LogP contribution in [0.4, 0.5) is 13.2 Å². The smallest absolute Gasteiger partial charge is 0.430 e. The van der Waals surface area contributed by atoms with Gasteiger partial charge in [-0.2, -0.15) is 13.2 Å². The predicted molar refractivity (Wildman–Crippen MR) is 155 cm³/mol. The number of hydrogen-bond acceptors (Lipinski definition) is 5. The number of halogens is 3. The standard InChI is InChI=1S/C32H42NO3.C2HF3O2/c1-2-24-33(29-21-13-4-3-5-14-22-29)25-16-8-15-23-30(26-33)36-31(34)32(35,27-17-9-6-10-18-27)28-19-11-7-12-20-28;3-2(4,5)1(6)7/h1,6-7,9-12,17-20,29-30,35H,3-5,8,13-16,21-26H2;(H,6,7)/q+1;/p-1/t30?,33-;/m0./s1. The normalized spacial score (nSPS) is 22.3. The van der Waals surface area contributed by atoms with Crippen molar-refractivity contribution < 1.29 is 42.2 Å². The molecule has 9 heteroatoms. The molecular weight excluding hydrogens is 559 g/mol. The van der Waals surface area contributed by atoms with Crippen LogP contribution in [0.25, 0.3) is 0 Å².